The highest BCUT2D eigenvalue weighted by molar-refractivity contribution is 5.88. The number of carbonyl (C=O) groups excluding carboxylic acids is 3. The van der Waals surface area contributed by atoms with Crippen LogP contribution >= 0.6 is 0 Å². The SMILES string of the molecule is COC(=O)N(C)[C@H](C(=O)N1C[C@@H](C)C[C@H]1c1nc2cc(-c3ccc(-c4ccc5[nH]c([C@@H]6C[C@H](C)CN6C(=O)[C@@H](Nc6ncccn6)C(C)C)nc5c4)cc3)ccc2[nH]1)C(C)C. The quantitative estimate of drug-likeness (QED) is 0.117. The van der Waals surface area contributed by atoms with E-state index in [1.165, 1.54) is 12.0 Å². The van der Waals surface area contributed by atoms with Crippen molar-refractivity contribution in [2.75, 3.05) is 32.6 Å². The van der Waals surface area contributed by atoms with Gasteiger partial charge in [0.25, 0.3) is 0 Å². The third kappa shape index (κ3) is 8.27. The molecule has 2 saturated heterocycles. The molecule has 0 aliphatic carbocycles. The van der Waals surface area contributed by atoms with E-state index in [0.29, 0.717) is 25.0 Å². The molecule has 61 heavy (non-hydrogen) atoms. The zero-order valence-electron chi connectivity index (χ0n) is 36.2. The van der Waals surface area contributed by atoms with E-state index >= 15 is 0 Å². The second kappa shape index (κ2) is 17.0. The fraction of sp³-hybridized carbons (Fsp3) is 0.426. The first-order valence-electron chi connectivity index (χ1n) is 21.3. The number of imidazole rings is 2. The number of likely N-dealkylation sites (tertiary alicyclic amines) is 2. The highest BCUT2D eigenvalue weighted by atomic mass is 16.5. The normalized spacial score (nSPS) is 20.2. The predicted octanol–water partition coefficient (Wildman–Crippen LogP) is 8.24. The Morgan fingerprint density at radius 2 is 1.20 bits per heavy atom. The van der Waals surface area contributed by atoms with Crippen LogP contribution in [0.1, 0.15) is 78.1 Å². The molecule has 14 heteroatoms. The van der Waals surface area contributed by atoms with Gasteiger partial charge in [0.2, 0.25) is 17.8 Å². The Hall–Kier alpha value is -6.31. The summed E-state index contributed by atoms with van der Waals surface area (Å²) in [7, 11) is 2.95. The number of hydrogen-bond acceptors (Lipinski definition) is 9. The average Bonchev–Trinajstić information content (AvgIpc) is 4.06. The van der Waals surface area contributed by atoms with Gasteiger partial charge < -0.3 is 29.8 Å². The Kier molecular flexibility index (Phi) is 11.5. The Morgan fingerprint density at radius 3 is 1.66 bits per heavy atom. The molecule has 3 N–H and O–H groups in total. The molecule has 2 fully saturated rings. The van der Waals surface area contributed by atoms with Gasteiger partial charge in [0.15, 0.2) is 0 Å². The third-order valence-corrected chi connectivity index (χ3v) is 12.3. The van der Waals surface area contributed by atoms with Crippen molar-refractivity contribution < 1.29 is 19.1 Å². The lowest BCUT2D eigenvalue weighted by molar-refractivity contribution is -0.138. The minimum absolute atomic E-state index is 0.0218. The molecule has 0 spiro atoms. The molecule has 318 valence electrons. The molecule has 2 aliphatic rings. The molecule has 0 saturated carbocycles. The standard InChI is InChI=1S/C47H56N10O4/c1-26(2)40(54-46-48-18-9-19-49-46)44(58)56-24-28(5)20-38(56)42-50-34-16-14-32(22-36(34)52-42)30-10-12-31(13-11-30)33-15-17-35-37(23-33)53-43(51-35)39-21-29(6)25-57(39)45(59)41(27(3)4)55(7)47(60)61-8/h9-19,22-23,26-29,38-41H,20-21,24-25H2,1-8H3,(H,50,52)(H,51,53)(H,48,49,54)/t28-,29-,38-,39-,40-,41-/m0/s1. The molecule has 6 atom stereocenters. The van der Waals surface area contributed by atoms with Crippen molar-refractivity contribution in [3.05, 3.63) is 90.8 Å². The van der Waals surface area contributed by atoms with Gasteiger partial charge in [-0.1, -0.05) is 77.9 Å². The van der Waals surface area contributed by atoms with E-state index in [2.05, 4.69) is 93.7 Å². The van der Waals surface area contributed by atoms with Gasteiger partial charge in [-0.15, -0.1) is 0 Å². The number of nitrogens with one attached hydrogen (secondary N) is 3. The molecule has 3 amide bonds. The number of rotatable bonds is 11. The number of hydrogen-bond donors (Lipinski definition) is 3. The number of aromatic nitrogens is 6. The van der Waals surface area contributed by atoms with Crippen LogP contribution in [0.5, 0.6) is 0 Å². The second-order valence-electron chi connectivity index (χ2n) is 17.7. The van der Waals surface area contributed by atoms with Crippen LogP contribution in [0.25, 0.3) is 44.3 Å². The Morgan fingerprint density at radius 1 is 0.721 bits per heavy atom. The highest BCUT2D eigenvalue weighted by Crippen LogP contribution is 2.39. The van der Waals surface area contributed by atoms with Crippen LogP contribution in [-0.2, 0) is 14.3 Å². The van der Waals surface area contributed by atoms with E-state index in [0.717, 1.165) is 68.8 Å². The summed E-state index contributed by atoms with van der Waals surface area (Å²) >= 11 is 0. The maximum absolute atomic E-state index is 14.1. The smallest absolute Gasteiger partial charge is 0.409 e. The molecule has 0 radical (unpaired) electrons. The number of carbonyl (C=O) groups is 3. The molecular formula is C47H56N10O4. The van der Waals surface area contributed by atoms with Gasteiger partial charge in [0.05, 0.1) is 41.3 Å². The molecule has 0 bridgehead atoms. The summed E-state index contributed by atoms with van der Waals surface area (Å²) in [5.41, 5.74) is 7.72. The lowest BCUT2D eigenvalue weighted by atomic mass is 10.00. The van der Waals surface area contributed by atoms with E-state index < -0.39 is 18.2 Å². The lowest BCUT2D eigenvalue weighted by Crippen LogP contribution is -2.52. The largest absolute Gasteiger partial charge is 0.453 e. The van der Waals surface area contributed by atoms with Crippen LogP contribution < -0.4 is 5.32 Å². The Labute approximate surface area is 356 Å². The van der Waals surface area contributed by atoms with Gasteiger partial charge in [-0.3, -0.25) is 14.5 Å². The van der Waals surface area contributed by atoms with Crippen molar-refractivity contribution >= 4 is 45.9 Å². The van der Waals surface area contributed by atoms with Gasteiger partial charge in [-0.05, 0) is 89.1 Å². The van der Waals surface area contributed by atoms with E-state index in [1.807, 2.05) is 43.6 Å². The Balaban J connectivity index is 0.989. The minimum Gasteiger partial charge on any atom is -0.453 e. The molecule has 6 aromatic rings. The molecule has 3 aromatic carbocycles. The summed E-state index contributed by atoms with van der Waals surface area (Å²) in [5, 5.41) is 3.27. The molecule has 2 aliphatic heterocycles. The van der Waals surface area contributed by atoms with Crippen LogP contribution in [0.15, 0.2) is 79.1 Å². The number of ether oxygens (including phenoxy) is 1. The van der Waals surface area contributed by atoms with Crippen molar-refractivity contribution in [3.63, 3.8) is 0 Å². The maximum Gasteiger partial charge on any atom is 0.409 e. The van der Waals surface area contributed by atoms with Crippen LogP contribution in [0.2, 0.25) is 0 Å². The van der Waals surface area contributed by atoms with Gasteiger partial charge in [-0.2, -0.15) is 0 Å². The van der Waals surface area contributed by atoms with Gasteiger partial charge in [-0.25, -0.2) is 24.7 Å². The topological polar surface area (TPSA) is 165 Å². The zero-order chi connectivity index (χ0) is 43.1. The zero-order valence-corrected chi connectivity index (χ0v) is 36.2. The maximum atomic E-state index is 14.1. The molecule has 8 rings (SSSR count). The number of fused-ring (bicyclic) bond motifs is 2. The highest BCUT2D eigenvalue weighted by Gasteiger charge is 2.42. The van der Waals surface area contributed by atoms with Crippen molar-refractivity contribution in [2.24, 2.45) is 23.7 Å². The third-order valence-electron chi connectivity index (χ3n) is 12.3. The van der Waals surface area contributed by atoms with Crippen molar-refractivity contribution in [3.8, 4) is 22.3 Å². The van der Waals surface area contributed by atoms with Gasteiger partial charge in [0.1, 0.15) is 23.7 Å². The molecule has 14 nitrogen and oxygen atoms in total. The summed E-state index contributed by atoms with van der Waals surface area (Å²) < 4.78 is 4.95. The van der Waals surface area contributed by atoms with Crippen LogP contribution in [0.3, 0.4) is 0 Å². The Bertz CT molecular complexity index is 2530. The molecular weight excluding hydrogens is 769 g/mol. The molecule has 5 heterocycles. The summed E-state index contributed by atoms with van der Waals surface area (Å²) in [6, 6.07) is 21.2. The minimum atomic E-state index is -0.649. The first-order valence-corrected chi connectivity index (χ1v) is 21.3. The van der Waals surface area contributed by atoms with E-state index in [1.54, 1.807) is 25.5 Å². The van der Waals surface area contributed by atoms with Crippen LogP contribution in [0.4, 0.5) is 10.7 Å². The van der Waals surface area contributed by atoms with Crippen molar-refractivity contribution in [1.29, 1.82) is 0 Å². The number of benzene rings is 3. The van der Waals surface area contributed by atoms with Gasteiger partial charge in [0, 0.05) is 32.5 Å². The summed E-state index contributed by atoms with van der Waals surface area (Å²) in [6.07, 6.45) is 4.41. The summed E-state index contributed by atoms with van der Waals surface area (Å²) in [5.74, 6) is 2.44. The first-order chi connectivity index (χ1) is 29.3. The van der Waals surface area contributed by atoms with E-state index in [4.69, 9.17) is 14.7 Å². The summed E-state index contributed by atoms with van der Waals surface area (Å²) in [4.78, 5) is 71.5. The number of methoxy groups -OCH3 is 1. The monoisotopic (exact) mass is 824 g/mol. The van der Waals surface area contributed by atoms with E-state index in [-0.39, 0.29) is 41.7 Å². The number of H-pyrrole nitrogens is 2. The fourth-order valence-corrected chi connectivity index (χ4v) is 9.21. The molecule has 0 unspecified atom stereocenters. The van der Waals surface area contributed by atoms with Crippen LogP contribution in [0, 0.1) is 23.7 Å². The lowest BCUT2D eigenvalue weighted by Gasteiger charge is -2.34. The number of aromatic amines is 2. The number of nitrogens with zero attached hydrogens (tertiary/aromatic N) is 7. The van der Waals surface area contributed by atoms with Crippen molar-refractivity contribution in [1.82, 2.24) is 44.6 Å². The second-order valence-corrected chi connectivity index (χ2v) is 17.7. The van der Waals surface area contributed by atoms with Crippen molar-refractivity contribution in [2.45, 2.75) is 78.6 Å². The average molecular weight is 825 g/mol. The fourth-order valence-electron chi connectivity index (χ4n) is 9.21. The van der Waals surface area contributed by atoms with Gasteiger partial charge >= 0.3 is 6.09 Å². The van der Waals surface area contributed by atoms with E-state index in [9.17, 15) is 14.4 Å². The number of anilines is 1. The van der Waals surface area contributed by atoms with Crippen LogP contribution in [-0.4, -0.2) is 102 Å². The number of amides is 3. The molecule has 3 aromatic heterocycles. The predicted molar refractivity (Wildman–Crippen MR) is 236 cm³/mol. The summed E-state index contributed by atoms with van der Waals surface area (Å²) in [6.45, 7) is 13.5. The number of likely N-dealkylation sites (N-methyl/N-ethyl adjacent to an activating group) is 1. The first kappa shape index (κ1) is 41.4.